The van der Waals surface area contributed by atoms with Crippen molar-refractivity contribution in [1.82, 2.24) is 10.3 Å². The number of amides is 2. The Morgan fingerprint density at radius 1 is 1.30 bits per heavy atom. The SMILES string of the molecule is CC(C)(CC(N)=O)NC(=O)c1cc2cc(N)ccc2[nH]1. The van der Waals surface area contributed by atoms with E-state index in [-0.39, 0.29) is 12.3 Å². The normalized spacial score (nSPS) is 11.5. The number of nitrogens with one attached hydrogen (secondary N) is 2. The van der Waals surface area contributed by atoms with Crippen LogP contribution in [-0.4, -0.2) is 22.3 Å². The molecule has 0 spiro atoms. The van der Waals surface area contributed by atoms with Crippen LogP contribution in [0, 0.1) is 0 Å². The van der Waals surface area contributed by atoms with E-state index in [4.69, 9.17) is 11.5 Å². The molecule has 2 aromatic rings. The number of nitrogen functional groups attached to an aromatic ring is 1. The third-order valence-electron chi connectivity index (χ3n) is 2.96. The van der Waals surface area contributed by atoms with Crippen molar-refractivity contribution in [2.24, 2.45) is 5.73 Å². The fourth-order valence-electron chi connectivity index (χ4n) is 2.13. The monoisotopic (exact) mass is 274 g/mol. The lowest BCUT2D eigenvalue weighted by Gasteiger charge is -2.24. The van der Waals surface area contributed by atoms with Crippen molar-refractivity contribution < 1.29 is 9.59 Å². The lowest BCUT2D eigenvalue weighted by Crippen LogP contribution is -2.46. The number of aromatic nitrogens is 1. The lowest BCUT2D eigenvalue weighted by atomic mass is 10.00. The molecule has 0 bridgehead atoms. The molecule has 0 radical (unpaired) electrons. The number of benzene rings is 1. The maximum Gasteiger partial charge on any atom is 0.268 e. The summed E-state index contributed by atoms with van der Waals surface area (Å²) in [4.78, 5) is 26.1. The van der Waals surface area contributed by atoms with Gasteiger partial charge in [0.25, 0.3) is 5.91 Å². The van der Waals surface area contributed by atoms with Crippen LogP contribution in [0.3, 0.4) is 0 Å². The molecule has 0 saturated carbocycles. The summed E-state index contributed by atoms with van der Waals surface area (Å²) >= 11 is 0. The molecule has 0 aliphatic rings. The van der Waals surface area contributed by atoms with E-state index < -0.39 is 11.4 Å². The van der Waals surface area contributed by atoms with Crippen molar-refractivity contribution >= 4 is 28.4 Å². The Morgan fingerprint density at radius 2 is 2.00 bits per heavy atom. The molecule has 0 aliphatic carbocycles. The van der Waals surface area contributed by atoms with Gasteiger partial charge in [0.2, 0.25) is 5.91 Å². The first-order chi connectivity index (χ1) is 9.27. The molecular formula is C14H18N4O2. The van der Waals surface area contributed by atoms with E-state index in [1.165, 1.54) is 0 Å². The van der Waals surface area contributed by atoms with E-state index in [2.05, 4.69) is 10.3 Å². The van der Waals surface area contributed by atoms with Gasteiger partial charge in [-0.05, 0) is 38.1 Å². The number of rotatable bonds is 4. The molecule has 0 unspecified atom stereocenters. The summed E-state index contributed by atoms with van der Waals surface area (Å²) in [6.45, 7) is 3.49. The molecule has 0 atom stereocenters. The highest BCUT2D eigenvalue weighted by molar-refractivity contribution is 5.99. The third kappa shape index (κ3) is 3.09. The van der Waals surface area contributed by atoms with Crippen molar-refractivity contribution in [3.63, 3.8) is 0 Å². The van der Waals surface area contributed by atoms with Gasteiger partial charge in [-0.1, -0.05) is 0 Å². The fourth-order valence-corrected chi connectivity index (χ4v) is 2.13. The summed E-state index contributed by atoms with van der Waals surface area (Å²) in [5.41, 5.74) is 12.1. The van der Waals surface area contributed by atoms with Gasteiger partial charge in [-0.3, -0.25) is 9.59 Å². The minimum absolute atomic E-state index is 0.0753. The molecule has 0 aliphatic heterocycles. The summed E-state index contributed by atoms with van der Waals surface area (Å²) in [6, 6.07) is 7.09. The average molecular weight is 274 g/mol. The van der Waals surface area contributed by atoms with Crippen LogP contribution in [-0.2, 0) is 4.79 Å². The molecule has 106 valence electrons. The minimum Gasteiger partial charge on any atom is -0.399 e. The number of hydrogen-bond acceptors (Lipinski definition) is 3. The topological polar surface area (TPSA) is 114 Å². The fraction of sp³-hybridized carbons (Fsp3) is 0.286. The summed E-state index contributed by atoms with van der Waals surface area (Å²) in [5, 5.41) is 3.64. The van der Waals surface area contributed by atoms with E-state index in [1.54, 1.807) is 32.0 Å². The molecule has 2 rings (SSSR count). The first-order valence-electron chi connectivity index (χ1n) is 6.26. The maximum absolute atomic E-state index is 12.2. The van der Waals surface area contributed by atoms with E-state index in [0.717, 1.165) is 10.9 Å². The number of primary amides is 1. The van der Waals surface area contributed by atoms with Gasteiger partial charge in [0.05, 0.1) is 0 Å². The molecule has 20 heavy (non-hydrogen) atoms. The van der Waals surface area contributed by atoms with E-state index >= 15 is 0 Å². The Hall–Kier alpha value is -2.50. The van der Waals surface area contributed by atoms with Gasteiger partial charge in [0, 0.05) is 28.6 Å². The minimum atomic E-state index is -0.695. The second-order valence-corrected chi connectivity index (χ2v) is 5.51. The number of aromatic amines is 1. The quantitative estimate of drug-likeness (QED) is 0.626. The number of nitrogens with two attached hydrogens (primary N) is 2. The second kappa shape index (κ2) is 4.88. The van der Waals surface area contributed by atoms with Crippen molar-refractivity contribution in [2.45, 2.75) is 25.8 Å². The van der Waals surface area contributed by atoms with Crippen LogP contribution in [0.1, 0.15) is 30.8 Å². The average Bonchev–Trinajstić information content (AvgIpc) is 2.69. The van der Waals surface area contributed by atoms with E-state index in [9.17, 15) is 9.59 Å². The zero-order chi connectivity index (χ0) is 14.9. The molecule has 1 heterocycles. The van der Waals surface area contributed by atoms with Crippen LogP contribution in [0.5, 0.6) is 0 Å². The Labute approximate surface area is 116 Å². The summed E-state index contributed by atoms with van der Waals surface area (Å²) < 4.78 is 0. The predicted octanol–water partition coefficient (Wildman–Crippen LogP) is 1.13. The van der Waals surface area contributed by atoms with Gasteiger partial charge in [-0.2, -0.15) is 0 Å². The highest BCUT2D eigenvalue weighted by atomic mass is 16.2. The highest BCUT2D eigenvalue weighted by Crippen LogP contribution is 2.19. The second-order valence-electron chi connectivity index (χ2n) is 5.51. The van der Waals surface area contributed by atoms with Gasteiger partial charge in [0.15, 0.2) is 0 Å². The molecule has 6 heteroatoms. The molecule has 1 aromatic carbocycles. The zero-order valence-corrected chi connectivity index (χ0v) is 11.5. The number of hydrogen-bond donors (Lipinski definition) is 4. The van der Waals surface area contributed by atoms with Crippen molar-refractivity contribution in [1.29, 1.82) is 0 Å². The van der Waals surface area contributed by atoms with Gasteiger partial charge >= 0.3 is 0 Å². The van der Waals surface area contributed by atoms with Gasteiger partial charge < -0.3 is 21.8 Å². The van der Waals surface area contributed by atoms with Crippen molar-refractivity contribution in [3.8, 4) is 0 Å². The zero-order valence-electron chi connectivity index (χ0n) is 11.5. The summed E-state index contributed by atoms with van der Waals surface area (Å²) in [5.74, 6) is -0.745. The maximum atomic E-state index is 12.2. The van der Waals surface area contributed by atoms with Crippen LogP contribution in [0.2, 0.25) is 0 Å². The number of fused-ring (bicyclic) bond motifs is 1. The van der Waals surface area contributed by atoms with Crippen LogP contribution in [0.25, 0.3) is 10.9 Å². The predicted molar refractivity (Wildman–Crippen MR) is 78.1 cm³/mol. The molecule has 6 nitrogen and oxygen atoms in total. The molecule has 6 N–H and O–H groups in total. The first-order valence-corrected chi connectivity index (χ1v) is 6.26. The van der Waals surface area contributed by atoms with Crippen LogP contribution >= 0.6 is 0 Å². The van der Waals surface area contributed by atoms with Crippen LogP contribution < -0.4 is 16.8 Å². The largest absolute Gasteiger partial charge is 0.399 e. The Morgan fingerprint density at radius 3 is 2.65 bits per heavy atom. The Balaban J connectivity index is 2.21. The number of H-pyrrole nitrogens is 1. The van der Waals surface area contributed by atoms with Crippen molar-refractivity contribution in [2.75, 3.05) is 5.73 Å². The van der Waals surface area contributed by atoms with Crippen molar-refractivity contribution in [3.05, 3.63) is 30.0 Å². The smallest absolute Gasteiger partial charge is 0.268 e. The number of carbonyl (C=O) groups is 2. The third-order valence-corrected chi connectivity index (χ3v) is 2.96. The van der Waals surface area contributed by atoms with Crippen LogP contribution in [0.4, 0.5) is 5.69 Å². The molecule has 2 amide bonds. The standard InChI is InChI=1S/C14H18N4O2/c1-14(2,7-12(16)19)18-13(20)11-6-8-5-9(15)3-4-10(8)17-11/h3-6,17H,7,15H2,1-2H3,(H2,16,19)(H,18,20). The lowest BCUT2D eigenvalue weighted by molar-refractivity contribution is -0.119. The highest BCUT2D eigenvalue weighted by Gasteiger charge is 2.24. The van der Waals surface area contributed by atoms with Gasteiger partial charge in [-0.25, -0.2) is 0 Å². The number of anilines is 1. The molecular weight excluding hydrogens is 256 g/mol. The summed E-state index contributed by atoms with van der Waals surface area (Å²) in [7, 11) is 0. The van der Waals surface area contributed by atoms with Crippen LogP contribution in [0.15, 0.2) is 24.3 Å². The van der Waals surface area contributed by atoms with Gasteiger partial charge in [0.1, 0.15) is 5.69 Å². The molecule has 1 aromatic heterocycles. The molecule has 0 saturated heterocycles. The Bertz CT molecular complexity index is 673. The summed E-state index contributed by atoms with van der Waals surface area (Å²) in [6.07, 6.45) is 0.0753. The van der Waals surface area contributed by atoms with Gasteiger partial charge in [-0.15, -0.1) is 0 Å². The molecule has 0 fully saturated rings. The van der Waals surface area contributed by atoms with E-state index in [1.807, 2.05) is 6.07 Å². The first kappa shape index (κ1) is 13.9. The van der Waals surface area contributed by atoms with E-state index in [0.29, 0.717) is 11.4 Å². The number of carbonyl (C=O) groups excluding carboxylic acids is 2. The Kier molecular flexibility index (Phi) is 3.40.